The maximum absolute atomic E-state index is 10.2. The van der Waals surface area contributed by atoms with Crippen LogP contribution in [-0.2, 0) is 4.74 Å². The van der Waals surface area contributed by atoms with Gasteiger partial charge in [0.1, 0.15) is 0 Å². The zero-order valence-electron chi connectivity index (χ0n) is 12.8. The second-order valence-electron chi connectivity index (χ2n) is 8.35. The molecule has 1 spiro atoms. The molecule has 0 saturated heterocycles. The molecule has 0 heterocycles. The molecule has 3 aliphatic carbocycles. The zero-order valence-corrected chi connectivity index (χ0v) is 12.8. The van der Waals surface area contributed by atoms with Crippen LogP contribution in [0.5, 0.6) is 0 Å². The minimum atomic E-state index is -0.0889. The molecular weight excluding hydrogens is 236 g/mol. The van der Waals surface area contributed by atoms with Crippen LogP contribution in [0.25, 0.3) is 0 Å². The molecule has 3 saturated carbocycles. The largest absolute Gasteiger partial charge is 0.392 e. The second-order valence-corrected chi connectivity index (χ2v) is 8.35. The van der Waals surface area contributed by atoms with Crippen molar-refractivity contribution in [1.82, 2.24) is 0 Å². The van der Waals surface area contributed by atoms with Gasteiger partial charge in [0, 0.05) is 11.8 Å². The maximum Gasteiger partial charge on any atom is 0.0684 e. The average Bonchev–Trinajstić information content (AvgIpc) is 2.77. The van der Waals surface area contributed by atoms with E-state index in [1.807, 2.05) is 0 Å². The molecule has 110 valence electrons. The Hall–Kier alpha value is -0.0800. The first-order valence-corrected chi connectivity index (χ1v) is 8.25. The number of aliphatic hydroxyl groups is 1. The summed E-state index contributed by atoms with van der Waals surface area (Å²) in [6, 6.07) is 0. The molecule has 3 aliphatic rings. The van der Waals surface area contributed by atoms with Gasteiger partial charge < -0.3 is 9.84 Å². The van der Waals surface area contributed by atoms with E-state index in [-0.39, 0.29) is 11.5 Å². The summed E-state index contributed by atoms with van der Waals surface area (Å²) in [6.45, 7) is 7.11. The van der Waals surface area contributed by atoms with Gasteiger partial charge in [-0.25, -0.2) is 0 Å². The van der Waals surface area contributed by atoms with Gasteiger partial charge in [0.2, 0.25) is 0 Å². The molecule has 0 aromatic carbocycles. The summed E-state index contributed by atoms with van der Waals surface area (Å²) in [7, 11) is 0. The molecule has 3 fully saturated rings. The Morgan fingerprint density at radius 2 is 1.74 bits per heavy atom. The zero-order chi connectivity index (χ0) is 13.7. The fourth-order valence-electron chi connectivity index (χ4n) is 5.20. The van der Waals surface area contributed by atoms with Crippen LogP contribution in [0.1, 0.15) is 72.1 Å². The summed E-state index contributed by atoms with van der Waals surface area (Å²) < 4.78 is 6.48. The predicted octanol–water partition coefficient (Wildman–Crippen LogP) is 3.91. The molecule has 4 atom stereocenters. The van der Waals surface area contributed by atoms with E-state index in [4.69, 9.17) is 4.74 Å². The van der Waals surface area contributed by atoms with Gasteiger partial charge in [0.25, 0.3) is 0 Å². The Morgan fingerprint density at radius 3 is 2.32 bits per heavy atom. The minimum Gasteiger partial charge on any atom is -0.392 e. The Labute approximate surface area is 117 Å². The summed E-state index contributed by atoms with van der Waals surface area (Å²) in [6.07, 6.45) is 10.2. The third-order valence-electron chi connectivity index (χ3n) is 5.98. The van der Waals surface area contributed by atoms with Gasteiger partial charge in [-0.3, -0.25) is 0 Å². The third kappa shape index (κ3) is 2.47. The fraction of sp³-hybridized carbons (Fsp3) is 1.00. The van der Waals surface area contributed by atoms with Crippen LogP contribution in [0.2, 0.25) is 0 Å². The van der Waals surface area contributed by atoms with Crippen molar-refractivity contribution in [2.75, 3.05) is 0 Å². The SMILES string of the molecule is CC1CC(OC2CC(O)C23CCCC3)CC(C)(C)C1. The van der Waals surface area contributed by atoms with Crippen LogP contribution in [0.4, 0.5) is 0 Å². The first-order chi connectivity index (χ1) is 8.91. The third-order valence-corrected chi connectivity index (χ3v) is 5.98. The van der Waals surface area contributed by atoms with Crippen molar-refractivity contribution < 1.29 is 9.84 Å². The molecule has 0 amide bonds. The number of aliphatic hydroxyl groups excluding tert-OH is 1. The lowest BCUT2D eigenvalue weighted by Gasteiger charge is -2.53. The molecule has 19 heavy (non-hydrogen) atoms. The molecule has 0 bridgehead atoms. The highest BCUT2D eigenvalue weighted by Gasteiger charge is 2.57. The second kappa shape index (κ2) is 4.73. The highest BCUT2D eigenvalue weighted by atomic mass is 16.5. The van der Waals surface area contributed by atoms with Crippen LogP contribution in [0, 0.1) is 16.7 Å². The summed E-state index contributed by atoms with van der Waals surface area (Å²) in [4.78, 5) is 0. The van der Waals surface area contributed by atoms with Crippen LogP contribution < -0.4 is 0 Å². The highest BCUT2D eigenvalue weighted by Crippen LogP contribution is 2.55. The van der Waals surface area contributed by atoms with Crippen LogP contribution in [0.15, 0.2) is 0 Å². The number of rotatable bonds is 2. The molecule has 0 radical (unpaired) electrons. The lowest BCUT2D eigenvalue weighted by atomic mass is 9.62. The van der Waals surface area contributed by atoms with E-state index in [0.717, 1.165) is 12.3 Å². The first-order valence-electron chi connectivity index (χ1n) is 8.25. The molecule has 0 aliphatic heterocycles. The van der Waals surface area contributed by atoms with E-state index >= 15 is 0 Å². The Bertz CT molecular complexity index is 330. The van der Waals surface area contributed by atoms with Crippen molar-refractivity contribution in [3.05, 3.63) is 0 Å². The van der Waals surface area contributed by atoms with E-state index < -0.39 is 0 Å². The van der Waals surface area contributed by atoms with Crippen molar-refractivity contribution in [2.24, 2.45) is 16.7 Å². The van der Waals surface area contributed by atoms with Crippen molar-refractivity contribution >= 4 is 0 Å². The molecule has 2 heteroatoms. The molecule has 4 unspecified atom stereocenters. The maximum atomic E-state index is 10.2. The van der Waals surface area contributed by atoms with Gasteiger partial charge in [-0.2, -0.15) is 0 Å². The van der Waals surface area contributed by atoms with Crippen molar-refractivity contribution in [1.29, 1.82) is 0 Å². The quantitative estimate of drug-likeness (QED) is 0.821. The van der Waals surface area contributed by atoms with Gasteiger partial charge in [-0.05, 0) is 43.4 Å². The topological polar surface area (TPSA) is 29.5 Å². The van der Waals surface area contributed by atoms with Gasteiger partial charge in [0.05, 0.1) is 18.3 Å². The molecule has 0 aromatic rings. The van der Waals surface area contributed by atoms with E-state index in [1.54, 1.807) is 0 Å². The van der Waals surface area contributed by atoms with Gasteiger partial charge >= 0.3 is 0 Å². The summed E-state index contributed by atoms with van der Waals surface area (Å²) in [5, 5.41) is 10.2. The standard InChI is InChI=1S/C17H30O2/c1-12-8-13(11-16(2,3)10-12)19-15-9-14(18)17(15)6-4-5-7-17/h12-15,18H,4-11H2,1-3H3. The summed E-state index contributed by atoms with van der Waals surface area (Å²) >= 11 is 0. The lowest BCUT2D eigenvalue weighted by Crippen LogP contribution is -2.58. The first kappa shape index (κ1) is 13.9. The van der Waals surface area contributed by atoms with Crippen molar-refractivity contribution in [3.8, 4) is 0 Å². The van der Waals surface area contributed by atoms with E-state index in [9.17, 15) is 5.11 Å². The average molecular weight is 266 g/mol. The monoisotopic (exact) mass is 266 g/mol. The number of hydrogen-bond donors (Lipinski definition) is 1. The summed E-state index contributed by atoms with van der Waals surface area (Å²) in [5.74, 6) is 0.776. The van der Waals surface area contributed by atoms with Crippen LogP contribution in [-0.4, -0.2) is 23.4 Å². The smallest absolute Gasteiger partial charge is 0.0684 e. The summed E-state index contributed by atoms with van der Waals surface area (Å²) in [5.41, 5.74) is 0.568. The van der Waals surface area contributed by atoms with E-state index in [1.165, 1.54) is 44.9 Å². The van der Waals surface area contributed by atoms with Crippen molar-refractivity contribution in [2.45, 2.75) is 90.4 Å². The van der Waals surface area contributed by atoms with Gasteiger partial charge in [0.15, 0.2) is 0 Å². The van der Waals surface area contributed by atoms with Crippen molar-refractivity contribution in [3.63, 3.8) is 0 Å². The number of ether oxygens (including phenoxy) is 1. The Balaban J connectivity index is 1.62. The highest BCUT2D eigenvalue weighted by molar-refractivity contribution is 5.07. The van der Waals surface area contributed by atoms with Crippen LogP contribution in [0.3, 0.4) is 0 Å². The predicted molar refractivity (Wildman–Crippen MR) is 77.0 cm³/mol. The van der Waals surface area contributed by atoms with E-state index in [0.29, 0.717) is 17.6 Å². The Morgan fingerprint density at radius 1 is 1.05 bits per heavy atom. The van der Waals surface area contributed by atoms with Gasteiger partial charge in [-0.1, -0.05) is 33.6 Å². The van der Waals surface area contributed by atoms with E-state index in [2.05, 4.69) is 20.8 Å². The normalized spacial score (nSPS) is 44.2. The van der Waals surface area contributed by atoms with Gasteiger partial charge in [-0.15, -0.1) is 0 Å². The molecular formula is C17H30O2. The van der Waals surface area contributed by atoms with Crippen LogP contribution >= 0.6 is 0 Å². The molecule has 1 N–H and O–H groups in total. The fourth-order valence-corrected chi connectivity index (χ4v) is 5.20. The molecule has 0 aromatic heterocycles. The Kier molecular flexibility index (Phi) is 3.46. The molecule has 3 rings (SSSR count). The number of hydrogen-bond acceptors (Lipinski definition) is 2. The molecule has 2 nitrogen and oxygen atoms in total. The minimum absolute atomic E-state index is 0.0889. The lowest BCUT2D eigenvalue weighted by molar-refractivity contribution is -0.218.